The van der Waals surface area contributed by atoms with Gasteiger partial charge in [-0.15, -0.1) is 0 Å². The number of amides is 1. The van der Waals surface area contributed by atoms with Gasteiger partial charge in [-0.25, -0.2) is 8.42 Å². The Morgan fingerprint density at radius 2 is 1.94 bits per heavy atom. The standard InChI is InChI=1S/C23H36N2O6S/c1-29-22-10-9-21(32(27,28)25-13-16-30-17-14-25)18-19(22)8-11-23(26)24-12-5-15-31-20-6-3-2-4-7-20/h9-10,18,20H,2-8,11-17H2,1H3,(H,24,26). The minimum Gasteiger partial charge on any atom is -0.496 e. The first-order chi connectivity index (χ1) is 15.5. The molecule has 1 N–H and O–H groups in total. The Labute approximate surface area is 191 Å². The average Bonchev–Trinajstić information content (AvgIpc) is 2.83. The number of aryl methyl sites for hydroxylation is 1. The van der Waals surface area contributed by atoms with Gasteiger partial charge in [0.05, 0.1) is 31.3 Å². The number of carbonyl (C=O) groups excluding carboxylic acids is 1. The van der Waals surface area contributed by atoms with Gasteiger partial charge in [0, 0.05) is 32.7 Å². The molecule has 0 spiro atoms. The van der Waals surface area contributed by atoms with E-state index in [1.54, 1.807) is 25.3 Å². The third kappa shape index (κ3) is 7.16. The topological polar surface area (TPSA) is 94.2 Å². The SMILES string of the molecule is COc1ccc(S(=O)(=O)N2CCOCC2)cc1CCC(=O)NCCCOC1CCCCC1. The van der Waals surface area contributed by atoms with Crippen molar-refractivity contribution in [3.8, 4) is 5.75 Å². The highest BCUT2D eigenvalue weighted by Gasteiger charge is 2.27. The predicted octanol–water partition coefficient (Wildman–Crippen LogP) is 2.50. The van der Waals surface area contributed by atoms with Gasteiger partial charge < -0.3 is 19.5 Å². The van der Waals surface area contributed by atoms with E-state index in [0.717, 1.165) is 19.3 Å². The molecule has 1 aromatic rings. The second-order valence-corrected chi connectivity index (χ2v) is 10.3. The van der Waals surface area contributed by atoms with E-state index in [1.165, 1.54) is 23.6 Å². The summed E-state index contributed by atoms with van der Waals surface area (Å²) in [7, 11) is -2.05. The number of nitrogens with one attached hydrogen (secondary N) is 1. The van der Waals surface area contributed by atoms with Gasteiger partial charge in [0.25, 0.3) is 0 Å². The summed E-state index contributed by atoms with van der Waals surface area (Å²) in [6.45, 7) is 2.73. The number of ether oxygens (including phenoxy) is 3. The van der Waals surface area contributed by atoms with E-state index in [4.69, 9.17) is 14.2 Å². The molecule has 0 aromatic heterocycles. The van der Waals surface area contributed by atoms with Crippen molar-refractivity contribution >= 4 is 15.9 Å². The normalized spacial score (nSPS) is 18.4. The van der Waals surface area contributed by atoms with Crippen LogP contribution in [0.4, 0.5) is 0 Å². The Balaban J connectivity index is 1.46. The molecule has 1 aliphatic heterocycles. The van der Waals surface area contributed by atoms with Crippen LogP contribution in [0, 0.1) is 0 Å². The van der Waals surface area contributed by atoms with Crippen molar-refractivity contribution in [3.05, 3.63) is 23.8 Å². The van der Waals surface area contributed by atoms with Crippen molar-refractivity contribution in [2.24, 2.45) is 0 Å². The van der Waals surface area contributed by atoms with Gasteiger partial charge in [-0.2, -0.15) is 4.31 Å². The molecule has 3 rings (SSSR count). The number of methoxy groups -OCH3 is 1. The van der Waals surface area contributed by atoms with Crippen LogP contribution in [0.1, 0.15) is 50.5 Å². The third-order valence-electron chi connectivity index (χ3n) is 6.03. The number of rotatable bonds is 11. The lowest BCUT2D eigenvalue weighted by Crippen LogP contribution is -2.40. The van der Waals surface area contributed by atoms with Gasteiger partial charge in [0.1, 0.15) is 5.75 Å². The quantitative estimate of drug-likeness (QED) is 0.502. The summed E-state index contributed by atoms with van der Waals surface area (Å²) in [5, 5.41) is 2.92. The number of sulfonamides is 1. The first-order valence-corrected chi connectivity index (χ1v) is 13.1. The van der Waals surface area contributed by atoms with Crippen molar-refractivity contribution < 1.29 is 27.4 Å². The van der Waals surface area contributed by atoms with Crippen molar-refractivity contribution in [2.75, 3.05) is 46.6 Å². The van der Waals surface area contributed by atoms with E-state index in [9.17, 15) is 13.2 Å². The second-order valence-electron chi connectivity index (χ2n) is 8.32. The van der Waals surface area contributed by atoms with Crippen LogP contribution in [0.5, 0.6) is 5.75 Å². The van der Waals surface area contributed by atoms with Crippen molar-refractivity contribution in [1.82, 2.24) is 9.62 Å². The van der Waals surface area contributed by atoms with Crippen LogP contribution in [0.2, 0.25) is 0 Å². The van der Waals surface area contributed by atoms with E-state index < -0.39 is 10.0 Å². The van der Waals surface area contributed by atoms with Gasteiger partial charge >= 0.3 is 0 Å². The minimum atomic E-state index is -3.59. The largest absolute Gasteiger partial charge is 0.496 e. The molecule has 1 aromatic carbocycles. The Morgan fingerprint density at radius 1 is 1.19 bits per heavy atom. The summed E-state index contributed by atoms with van der Waals surface area (Å²) in [6.07, 6.45) is 7.94. The zero-order valence-corrected chi connectivity index (χ0v) is 19.8. The predicted molar refractivity (Wildman–Crippen MR) is 121 cm³/mol. The molecule has 1 saturated carbocycles. The minimum absolute atomic E-state index is 0.0637. The highest BCUT2D eigenvalue weighted by Crippen LogP contribution is 2.26. The molecule has 2 fully saturated rings. The second kappa shape index (κ2) is 12.5. The molecule has 0 atom stereocenters. The van der Waals surface area contributed by atoms with Crippen LogP contribution < -0.4 is 10.1 Å². The van der Waals surface area contributed by atoms with Crippen molar-refractivity contribution in [1.29, 1.82) is 0 Å². The highest BCUT2D eigenvalue weighted by molar-refractivity contribution is 7.89. The molecule has 1 heterocycles. The fraction of sp³-hybridized carbons (Fsp3) is 0.696. The van der Waals surface area contributed by atoms with Crippen LogP contribution in [-0.4, -0.2) is 71.3 Å². The van der Waals surface area contributed by atoms with Crippen molar-refractivity contribution in [2.45, 2.75) is 62.4 Å². The molecule has 9 heteroatoms. The van der Waals surface area contributed by atoms with Crippen LogP contribution in [0.15, 0.2) is 23.1 Å². The molecule has 8 nitrogen and oxygen atoms in total. The number of hydrogen-bond donors (Lipinski definition) is 1. The van der Waals surface area contributed by atoms with E-state index >= 15 is 0 Å². The van der Waals surface area contributed by atoms with Gasteiger partial charge in [0.2, 0.25) is 15.9 Å². The summed E-state index contributed by atoms with van der Waals surface area (Å²) in [5.74, 6) is 0.519. The third-order valence-corrected chi connectivity index (χ3v) is 7.92. The summed E-state index contributed by atoms with van der Waals surface area (Å²) in [5.41, 5.74) is 0.706. The fourth-order valence-corrected chi connectivity index (χ4v) is 5.62. The highest BCUT2D eigenvalue weighted by atomic mass is 32.2. The molecule has 1 saturated heterocycles. The maximum Gasteiger partial charge on any atom is 0.243 e. The van der Waals surface area contributed by atoms with Gasteiger partial charge in [-0.3, -0.25) is 4.79 Å². The van der Waals surface area contributed by atoms with Crippen molar-refractivity contribution in [3.63, 3.8) is 0 Å². The van der Waals surface area contributed by atoms with E-state index in [0.29, 0.717) is 63.3 Å². The molecule has 0 unspecified atom stereocenters. The number of morpholine rings is 1. The molecular weight excluding hydrogens is 432 g/mol. The Morgan fingerprint density at radius 3 is 2.66 bits per heavy atom. The van der Waals surface area contributed by atoms with Crippen LogP contribution in [0.3, 0.4) is 0 Å². The number of nitrogens with zero attached hydrogens (tertiary/aromatic N) is 1. The van der Waals surface area contributed by atoms with Crippen LogP contribution in [0.25, 0.3) is 0 Å². The zero-order chi connectivity index (χ0) is 22.8. The Kier molecular flexibility index (Phi) is 9.77. The van der Waals surface area contributed by atoms with Gasteiger partial charge in [0.15, 0.2) is 0 Å². The lowest BCUT2D eigenvalue weighted by atomic mass is 9.98. The van der Waals surface area contributed by atoms with Gasteiger partial charge in [-0.05, 0) is 49.4 Å². The lowest BCUT2D eigenvalue weighted by Gasteiger charge is -2.26. The number of carbonyl (C=O) groups is 1. The molecule has 180 valence electrons. The molecule has 0 radical (unpaired) electrons. The fourth-order valence-electron chi connectivity index (χ4n) is 4.17. The van der Waals surface area contributed by atoms with E-state index in [-0.39, 0.29) is 17.2 Å². The first kappa shape index (κ1) is 25.0. The summed E-state index contributed by atoms with van der Waals surface area (Å²) >= 11 is 0. The Bertz CT molecular complexity index is 833. The van der Waals surface area contributed by atoms with E-state index in [1.807, 2.05) is 0 Å². The van der Waals surface area contributed by atoms with Crippen LogP contribution in [-0.2, 0) is 30.7 Å². The zero-order valence-electron chi connectivity index (χ0n) is 19.0. The monoisotopic (exact) mass is 468 g/mol. The molecule has 1 amide bonds. The Hall–Kier alpha value is -1.68. The molecule has 1 aliphatic carbocycles. The number of benzene rings is 1. The molecule has 32 heavy (non-hydrogen) atoms. The van der Waals surface area contributed by atoms with Crippen LogP contribution >= 0.6 is 0 Å². The molecule has 0 bridgehead atoms. The first-order valence-electron chi connectivity index (χ1n) is 11.6. The number of hydrogen-bond acceptors (Lipinski definition) is 6. The molecular formula is C23H36N2O6S. The summed E-state index contributed by atoms with van der Waals surface area (Å²) < 4.78 is 43.8. The van der Waals surface area contributed by atoms with E-state index in [2.05, 4.69) is 5.32 Å². The summed E-state index contributed by atoms with van der Waals surface area (Å²) in [6, 6.07) is 4.83. The molecule has 2 aliphatic rings. The maximum absolute atomic E-state index is 12.9. The lowest BCUT2D eigenvalue weighted by molar-refractivity contribution is -0.121. The van der Waals surface area contributed by atoms with Gasteiger partial charge in [-0.1, -0.05) is 19.3 Å². The summed E-state index contributed by atoms with van der Waals surface area (Å²) in [4.78, 5) is 12.5. The smallest absolute Gasteiger partial charge is 0.243 e. The average molecular weight is 469 g/mol. The maximum atomic E-state index is 12.9.